The summed E-state index contributed by atoms with van der Waals surface area (Å²) in [4.78, 5) is 4.65. The first-order valence-corrected chi connectivity index (χ1v) is 10.7. The maximum absolute atomic E-state index is 14.9. The third-order valence-electron chi connectivity index (χ3n) is 5.49. The van der Waals surface area contributed by atoms with Crippen LogP contribution in [0.1, 0.15) is 22.7 Å². The molecule has 1 unspecified atom stereocenters. The van der Waals surface area contributed by atoms with Crippen LogP contribution in [0.5, 0.6) is 5.75 Å². The van der Waals surface area contributed by atoms with Crippen LogP contribution in [-0.2, 0) is 0 Å². The van der Waals surface area contributed by atoms with Gasteiger partial charge in [-0.25, -0.2) is 19.8 Å². The summed E-state index contributed by atoms with van der Waals surface area (Å²) < 4.78 is 20.1. The molecule has 0 radical (unpaired) electrons. The number of hydrogen-bond acceptors (Lipinski definition) is 4. The topological polar surface area (TPSA) is 36.9 Å². The fourth-order valence-electron chi connectivity index (χ4n) is 3.95. The number of allylic oxidation sites excluding steroid dienone is 1. The minimum absolute atomic E-state index is 0.232. The molecule has 4 nitrogen and oxygen atoms in total. The van der Waals surface area contributed by atoms with Crippen LogP contribution in [0.15, 0.2) is 94.8 Å². The second-order valence-corrected chi connectivity index (χ2v) is 8.04. The molecular weight excluding hydrogens is 448 g/mol. The highest BCUT2D eigenvalue weighted by atomic mass is 35.5. The Morgan fingerprint density at radius 1 is 0.938 bits per heavy atom. The average Bonchev–Trinajstić information content (AvgIpc) is 3.20. The van der Waals surface area contributed by atoms with E-state index in [1.165, 1.54) is 6.07 Å². The van der Waals surface area contributed by atoms with Crippen molar-refractivity contribution in [1.82, 2.24) is 10.4 Å². The Balaban J connectivity index is 1.68. The van der Waals surface area contributed by atoms with E-state index in [0.29, 0.717) is 27.7 Å². The molecule has 160 valence electrons. The van der Waals surface area contributed by atoms with E-state index >= 15 is 0 Å². The first-order valence-electron chi connectivity index (χ1n) is 9.97. The van der Waals surface area contributed by atoms with Gasteiger partial charge in [0.15, 0.2) is 5.82 Å². The quantitative estimate of drug-likeness (QED) is 0.457. The number of rotatable bonds is 4. The molecule has 0 amide bonds. The third-order valence-corrected chi connectivity index (χ3v) is 6.12. The van der Waals surface area contributed by atoms with E-state index in [9.17, 15) is 4.39 Å². The molecule has 2 aliphatic heterocycles. The highest BCUT2D eigenvalue weighted by Crippen LogP contribution is 2.46. The van der Waals surface area contributed by atoms with Gasteiger partial charge in [0.05, 0.1) is 18.7 Å². The predicted octanol–water partition coefficient (Wildman–Crippen LogP) is 6.32. The molecule has 3 aromatic carbocycles. The van der Waals surface area contributed by atoms with Crippen molar-refractivity contribution in [3.8, 4) is 5.75 Å². The normalized spacial score (nSPS) is 18.1. The number of fused-ring (bicyclic) bond motifs is 1. The zero-order valence-corrected chi connectivity index (χ0v) is 18.5. The fraction of sp³-hybridized carbons (Fsp3) is 0.0800. The van der Waals surface area contributed by atoms with E-state index in [0.717, 1.165) is 16.9 Å². The van der Waals surface area contributed by atoms with E-state index in [4.69, 9.17) is 27.9 Å². The van der Waals surface area contributed by atoms with Crippen molar-refractivity contribution in [3.63, 3.8) is 0 Å². The van der Waals surface area contributed by atoms with Crippen molar-refractivity contribution in [1.29, 1.82) is 0 Å². The molecule has 0 spiro atoms. The zero-order valence-electron chi connectivity index (χ0n) is 17.0. The highest BCUT2D eigenvalue weighted by molar-refractivity contribution is 6.77. The van der Waals surface area contributed by atoms with Gasteiger partial charge in [-0.15, -0.1) is 0 Å². The molecule has 0 fully saturated rings. The van der Waals surface area contributed by atoms with Crippen LogP contribution in [0.4, 0.5) is 4.39 Å². The van der Waals surface area contributed by atoms with Crippen LogP contribution >= 0.6 is 23.2 Å². The molecule has 7 heteroatoms. The summed E-state index contributed by atoms with van der Waals surface area (Å²) in [6.45, 7) is 0. The minimum atomic E-state index is -0.361. The van der Waals surface area contributed by atoms with Crippen molar-refractivity contribution in [2.75, 3.05) is 7.11 Å². The Labute approximate surface area is 195 Å². The van der Waals surface area contributed by atoms with Crippen molar-refractivity contribution in [3.05, 3.63) is 112 Å². The number of nitrogens with zero attached hydrogens (tertiary/aromatic N) is 2. The Kier molecular flexibility index (Phi) is 5.47. The third kappa shape index (κ3) is 3.48. The Morgan fingerprint density at radius 3 is 2.31 bits per heavy atom. The van der Waals surface area contributed by atoms with E-state index in [1.54, 1.807) is 30.3 Å². The van der Waals surface area contributed by atoms with Gasteiger partial charge < -0.3 is 4.74 Å². The Hall–Kier alpha value is -3.12. The molecule has 5 rings (SSSR count). The van der Waals surface area contributed by atoms with Gasteiger partial charge in [-0.05, 0) is 29.3 Å². The SMILES string of the molecule is COc1ccc(C2=C(Cl)N3NC(c4ccccc4)C(c4ccccc4F)=C3N=C2Cl)cc1. The largest absolute Gasteiger partial charge is 0.497 e. The summed E-state index contributed by atoms with van der Waals surface area (Å²) in [5, 5.41) is 2.26. The van der Waals surface area contributed by atoms with E-state index < -0.39 is 0 Å². The number of hydrazine groups is 1. The number of hydrogen-bond donors (Lipinski definition) is 1. The van der Waals surface area contributed by atoms with Gasteiger partial charge in [0.2, 0.25) is 0 Å². The van der Waals surface area contributed by atoms with Crippen LogP contribution < -0.4 is 10.2 Å². The molecule has 1 N–H and O–H groups in total. The van der Waals surface area contributed by atoms with Gasteiger partial charge >= 0.3 is 0 Å². The van der Waals surface area contributed by atoms with Gasteiger partial charge in [0.25, 0.3) is 0 Å². The molecule has 0 aliphatic carbocycles. The van der Waals surface area contributed by atoms with E-state index in [2.05, 4.69) is 10.4 Å². The van der Waals surface area contributed by atoms with Gasteiger partial charge in [-0.3, -0.25) is 0 Å². The zero-order chi connectivity index (χ0) is 22.2. The molecule has 2 heterocycles. The predicted molar refractivity (Wildman–Crippen MR) is 127 cm³/mol. The van der Waals surface area contributed by atoms with E-state index in [-0.39, 0.29) is 17.0 Å². The van der Waals surface area contributed by atoms with Crippen molar-refractivity contribution >= 4 is 39.5 Å². The maximum atomic E-state index is 14.9. The maximum Gasteiger partial charge on any atom is 0.156 e. The summed E-state index contributed by atoms with van der Waals surface area (Å²) in [6, 6.07) is 23.4. The summed E-state index contributed by atoms with van der Waals surface area (Å²) in [6.07, 6.45) is 0. The molecule has 0 saturated carbocycles. The lowest BCUT2D eigenvalue weighted by Crippen LogP contribution is -2.34. The van der Waals surface area contributed by atoms with Gasteiger partial charge in [-0.2, -0.15) is 0 Å². The summed E-state index contributed by atoms with van der Waals surface area (Å²) in [7, 11) is 1.61. The molecule has 2 aliphatic rings. The molecule has 0 aromatic heterocycles. The van der Waals surface area contributed by atoms with Crippen LogP contribution in [0, 0.1) is 5.82 Å². The summed E-state index contributed by atoms with van der Waals surface area (Å²) in [5.74, 6) is 0.850. The summed E-state index contributed by atoms with van der Waals surface area (Å²) >= 11 is 13.5. The number of methoxy groups -OCH3 is 1. The first-order chi connectivity index (χ1) is 15.6. The van der Waals surface area contributed by atoms with Crippen molar-refractivity contribution in [2.45, 2.75) is 6.04 Å². The van der Waals surface area contributed by atoms with Gasteiger partial charge in [0, 0.05) is 11.1 Å². The lowest BCUT2D eigenvalue weighted by molar-refractivity contribution is 0.336. The minimum Gasteiger partial charge on any atom is -0.497 e. The van der Waals surface area contributed by atoms with Crippen LogP contribution in [0.25, 0.3) is 11.1 Å². The molecular formula is C25H18Cl2FN3O. The second-order valence-electron chi connectivity index (χ2n) is 7.32. The standard InChI is InChI=1S/C25H18Cl2FN3O/c1-32-17-13-11-15(12-14-17)20-23(26)29-25-21(18-9-5-6-10-19(18)28)22(30-31(25)24(20)27)16-7-3-2-4-8-16/h2-14,22,30H,1H3. The number of ether oxygens (including phenoxy) is 1. The van der Waals surface area contributed by atoms with Crippen LogP contribution in [0.3, 0.4) is 0 Å². The molecule has 1 atom stereocenters. The summed E-state index contributed by atoms with van der Waals surface area (Å²) in [5.41, 5.74) is 6.82. The lowest BCUT2D eigenvalue weighted by Gasteiger charge is -2.26. The Bertz CT molecular complexity index is 1270. The van der Waals surface area contributed by atoms with Gasteiger partial charge in [0.1, 0.15) is 21.9 Å². The number of benzene rings is 3. The second kappa shape index (κ2) is 8.43. The highest BCUT2D eigenvalue weighted by Gasteiger charge is 2.39. The fourth-order valence-corrected chi connectivity index (χ4v) is 4.60. The van der Waals surface area contributed by atoms with Crippen LogP contribution in [-0.4, -0.2) is 17.3 Å². The number of nitrogens with one attached hydrogen (secondary N) is 1. The Morgan fingerprint density at radius 2 is 1.62 bits per heavy atom. The van der Waals surface area contributed by atoms with Gasteiger partial charge in [-0.1, -0.05) is 83.9 Å². The van der Waals surface area contributed by atoms with Crippen LogP contribution in [0.2, 0.25) is 0 Å². The number of halogens is 3. The van der Waals surface area contributed by atoms with E-state index in [1.807, 2.05) is 54.6 Å². The molecule has 3 aromatic rings. The first kappa shape index (κ1) is 20.8. The number of aliphatic imine (C=N–C) groups is 1. The smallest absolute Gasteiger partial charge is 0.156 e. The van der Waals surface area contributed by atoms with Crippen molar-refractivity contribution < 1.29 is 9.13 Å². The average molecular weight is 466 g/mol. The van der Waals surface area contributed by atoms with Crippen molar-refractivity contribution in [2.24, 2.45) is 4.99 Å². The lowest BCUT2D eigenvalue weighted by atomic mass is 9.93. The molecule has 32 heavy (non-hydrogen) atoms. The molecule has 0 saturated heterocycles. The monoisotopic (exact) mass is 465 g/mol. The molecule has 0 bridgehead atoms.